The van der Waals surface area contributed by atoms with Crippen LogP contribution in [0, 0.1) is 5.92 Å². The number of hydrogen-bond donors (Lipinski definition) is 1. The summed E-state index contributed by atoms with van der Waals surface area (Å²) in [5.41, 5.74) is 0.945. The summed E-state index contributed by atoms with van der Waals surface area (Å²) < 4.78 is 42.2. The molecule has 0 spiro atoms. The third-order valence-corrected chi connectivity index (χ3v) is 3.08. The zero-order valence-electron chi connectivity index (χ0n) is 12.8. The van der Waals surface area contributed by atoms with E-state index >= 15 is 0 Å². The first-order chi connectivity index (χ1) is 9.76. The molecule has 0 aromatic heterocycles. The van der Waals surface area contributed by atoms with Gasteiger partial charge < -0.3 is 10.1 Å². The molecule has 2 nitrogen and oxygen atoms in total. The van der Waals surface area contributed by atoms with Crippen molar-refractivity contribution in [3.8, 4) is 5.75 Å². The minimum atomic E-state index is -4.12. The summed E-state index contributed by atoms with van der Waals surface area (Å²) in [6.45, 7) is 6.92. The fraction of sp³-hybridized carbons (Fsp3) is 0.625. The van der Waals surface area contributed by atoms with E-state index in [0.29, 0.717) is 19.1 Å². The van der Waals surface area contributed by atoms with Gasteiger partial charge in [-0.05, 0) is 37.0 Å². The zero-order chi connectivity index (χ0) is 15.9. The van der Waals surface area contributed by atoms with Gasteiger partial charge in [0.1, 0.15) is 5.75 Å². The molecule has 0 saturated heterocycles. The second-order valence-electron chi connectivity index (χ2n) is 5.78. The van der Waals surface area contributed by atoms with Gasteiger partial charge >= 0.3 is 6.18 Å². The predicted molar refractivity (Wildman–Crippen MR) is 78.4 cm³/mol. The third-order valence-electron chi connectivity index (χ3n) is 3.08. The Morgan fingerprint density at radius 3 is 2.24 bits per heavy atom. The van der Waals surface area contributed by atoms with Crippen LogP contribution in [0.25, 0.3) is 0 Å². The molecule has 0 aliphatic heterocycles. The Labute approximate surface area is 124 Å². The van der Waals surface area contributed by atoms with Gasteiger partial charge in [0, 0.05) is 12.6 Å². The molecule has 0 saturated carbocycles. The van der Waals surface area contributed by atoms with Gasteiger partial charge in [-0.2, -0.15) is 13.2 Å². The smallest absolute Gasteiger partial charge is 0.390 e. The van der Waals surface area contributed by atoms with Crippen molar-refractivity contribution in [2.75, 3.05) is 6.61 Å². The van der Waals surface area contributed by atoms with Gasteiger partial charge in [0.15, 0.2) is 0 Å². The van der Waals surface area contributed by atoms with Crippen LogP contribution in [0.1, 0.15) is 39.2 Å². The van der Waals surface area contributed by atoms with Crippen molar-refractivity contribution in [3.05, 3.63) is 29.8 Å². The van der Waals surface area contributed by atoms with E-state index in [1.165, 1.54) is 6.92 Å². The molecule has 21 heavy (non-hydrogen) atoms. The van der Waals surface area contributed by atoms with E-state index in [1.54, 1.807) is 0 Å². The molecule has 0 aliphatic carbocycles. The summed E-state index contributed by atoms with van der Waals surface area (Å²) in [7, 11) is 0. The summed E-state index contributed by atoms with van der Waals surface area (Å²) in [5, 5.41) is 2.87. The van der Waals surface area contributed by atoms with Gasteiger partial charge in [-0.3, -0.25) is 0 Å². The second-order valence-corrected chi connectivity index (χ2v) is 5.78. The molecule has 1 rings (SSSR count). The SMILES string of the molecule is CC(C)CCOc1ccc(CNC(C)CC(F)(F)F)cc1. The number of hydrogen-bond acceptors (Lipinski definition) is 2. The van der Waals surface area contributed by atoms with Crippen LogP contribution in [-0.4, -0.2) is 18.8 Å². The molecule has 120 valence electrons. The molecule has 1 aromatic rings. The fourth-order valence-corrected chi connectivity index (χ4v) is 1.83. The Bertz CT molecular complexity index is 401. The molecule has 1 atom stereocenters. The maximum atomic E-state index is 12.2. The maximum Gasteiger partial charge on any atom is 0.390 e. The van der Waals surface area contributed by atoms with E-state index < -0.39 is 18.6 Å². The lowest BCUT2D eigenvalue weighted by molar-refractivity contribution is -0.139. The molecule has 0 fully saturated rings. The first kappa shape index (κ1) is 17.8. The summed E-state index contributed by atoms with van der Waals surface area (Å²) in [5.74, 6) is 1.39. The van der Waals surface area contributed by atoms with Crippen LogP contribution in [0.15, 0.2) is 24.3 Å². The van der Waals surface area contributed by atoms with Crippen LogP contribution >= 0.6 is 0 Å². The number of ether oxygens (including phenoxy) is 1. The molecule has 0 amide bonds. The van der Waals surface area contributed by atoms with E-state index in [0.717, 1.165) is 17.7 Å². The molecular formula is C16H24F3NO. The Balaban J connectivity index is 2.34. The second kappa shape index (κ2) is 8.27. The van der Waals surface area contributed by atoms with Gasteiger partial charge in [-0.25, -0.2) is 0 Å². The largest absolute Gasteiger partial charge is 0.494 e. The Hall–Kier alpha value is -1.23. The number of alkyl halides is 3. The maximum absolute atomic E-state index is 12.2. The highest BCUT2D eigenvalue weighted by Crippen LogP contribution is 2.21. The standard InChI is InChI=1S/C16H24F3NO/c1-12(2)8-9-21-15-6-4-14(5-7-15)11-20-13(3)10-16(17,18)19/h4-7,12-13,20H,8-11H2,1-3H3. The van der Waals surface area contributed by atoms with E-state index in [4.69, 9.17) is 4.74 Å². The summed E-state index contributed by atoms with van der Waals surface area (Å²) >= 11 is 0. The number of halogens is 3. The predicted octanol–water partition coefficient (Wildman–Crippen LogP) is 4.54. The number of nitrogens with one attached hydrogen (secondary N) is 1. The van der Waals surface area contributed by atoms with E-state index in [9.17, 15) is 13.2 Å². The van der Waals surface area contributed by atoms with Gasteiger partial charge in [-0.15, -0.1) is 0 Å². The van der Waals surface area contributed by atoms with Crippen molar-refractivity contribution in [2.24, 2.45) is 5.92 Å². The average molecular weight is 303 g/mol. The lowest BCUT2D eigenvalue weighted by Gasteiger charge is -2.16. The monoisotopic (exact) mass is 303 g/mol. The molecule has 1 N–H and O–H groups in total. The normalized spacial score (nSPS) is 13.5. The Kier molecular flexibility index (Phi) is 7.02. The van der Waals surface area contributed by atoms with Gasteiger partial charge in [0.2, 0.25) is 0 Å². The minimum Gasteiger partial charge on any atom is -0.494 e. The van der Waals surface area contributed by atoms with E-state index in [-0.39, 0.29) is 0 Å². The molecule has 0 radical (unpaired) electrons. The van der Waals surface area contributed by atoms with Crippen LogP contribution in [0.4, 0.5) is 13.2 Å². The quantitative estimate of drug-likeness (QED) is 0.761. The molecule has 0 bridgehead atoms. The van der Waals surface area contributed by atoms with Crippen molar-refractivity contribution in [1.82, 2.24) is 5.32 Å². The van der Waals surface area contributed by atoms with Crippen molar-refractivity contribution in [2.45, 2.75) is 52.4 Å². The van der Waals surface area contributed by atoms with Crippen molar-refractivity contribution < 1.29 is 17.9 Å². The van der Waals surface area contributed by atoms with Gasteiger partial charge in [0.05, 0.1) is 13.0 Å². The lowest BCUT2D eigenvalue weighted by Crippen LogP contribution is -2.30. The number of rotatable bonds is 8. The van der Waals surface area contributed by atoms with Crippen LogP contribution in [0.3, 0.4) is 0 Å². The molecule has 0 heterocycles. The Morgan fingerprint density at radius 2 is 1.71 bits per heavy atom. The highest BCUT2D eigenvalue weighted by atomic mass is 19.4. The summed E-state index contributed by atoms with van der Waals surface area (Å²) in [6, 6.07) is 6.86. The highest BCUT2D eigenvalue weighted by molar-refractivity contribution is 5.27. The lowest BCUT2D eigenvalue weighted by atomic mass is 10.1. The summed E-state index contributed by atoms with van der Waals surface area (Å²) in [4.78, 5) is 0. The van der Waals surface area contributed by atoms with Crippen molar-refractivity contribution >= 4 is 0 Å². The van der Waals surface area contributed by atoms with Crippen molar-refractivity contribution in [3.63, 3.8) is 0 Å². The fourth-order valence-electron chi connectivity index (χ4n) is 1.83. The minimum absolute atomic E-state index is 0.420. The average Bonchev–Trinajstić information content (AvgIpc) is 2.35. The molecular weight excluding hydrogens is 279 g/mol. The molecule has 1 aromatic carbocycles. The zero-order valence-corrected chi connectivity index (χ0v) is 12.8. The van der Waals surface area contributed by atoms with Crippen LogP contribution in [0.2, 0.25) is 0 Å². The summed E-state index contributed by atoms with van der Waals surface area (Å²) in [6.07, 6.45) is -3.94. The topological polar surface area (TPSA) is 21.3 Å². The van der Waals surface area contributed by atoms with E-state index in [2.05, 4.69) is 19.2 Å². The number of benzene rings is 1. The van der Waals surface area contributed by atoms with Crippen LogP contribution < -0.4 is 10.1 Å². The highest BCUT2D eigenvalue weighted by Gasteiger charge is 2.29. The van der Waals surface area contributed by atoms with Crippen LogP contribution in [-0.2, 0) is 6.54 Å². The molecule has 5 heteroatoms. The third kappa shape index (κ3) is 8.60. The first-order valence-electron chi connectivity index (χ1n) is 7.28. The van der Waals surface area contributed by atoms with Gasteiger partial charge in [0.25, 0.3) is 0 Å². The Morgan fingerprint density at radius 1 is 1.10 bits per heavy atom. The van der Waals surface area contributed by atoms with E-state index in [1.807, 2.05) is 24.3 Å². The first-order valence-corrected chi connectivity index (χ1v) is 7.28. The van der Waals surface area contributed by atoms with Gasteiger partial charge in [-0.1, -0.05) is 26.0 Å². The molecule has 1 unspecified atom stereocenters. The van der Waals surface area contributed by atoms with Crippen molar-refractivity contribution in [1.29, 1.82) is 0 Å². The molecule has 0 aliphatic rings. The van der Waals surface area contributed by atoms with Crippen LogP contribution in [0.5, 0.6) is 5.75 Å².